The summed E-state index contributed by atoms with van der Waals surface area (Å²) in [4.78, 5) is 13.9. The summed E-state index contributed by atoms with van der Waals surface area (Å²) in [6.45, 7) is 5.79. The molecule has 0 bridgehead atoms. The van der Waals surface area contributed by atoms with Crippen LogP contribution in [0.25, 0.3) is 10.9 Å². The van der Waals surface area contributed by atoms with E-state index in [-0.39, 0.29) is 5.91 Å². The molecule has 1 aliphatic heterocycles. The second-order valence-corrected chi connectivity index (χ2v) is 5.47. The Hall–Kier alpha value is -1.88. The molecular weight excluding hydrogens is 264 g/mol. The number of para-hydroxylation sites is 1. The van der Waals surface area contributed by atoms with E-state index >= 15 is 0 Å². The fourth-order valence-corrected chi connectivity index (χ4v) is 2.93. The smallest absolute Gasteiger partial charge is 0.236 e. The Morgan fingerprint density at radius 3 is 2.81 bits per heavy atom. The molecule has 112 valence electrons. The first kappa shape index (κ1) is 14.1. The van der Waals surface area contributed by atoms with Crippen LogP contribution >= 0.6 is 0 Å². The molecule has 3 rings (SSSR count). The predicted molar refractivity (Wildman–Crippen MR) is 82.9 cm³/mol. The number of nitrogens with one attached hydrogen (secondary N) is 1. The molecule has 1 amide bonds. The van der Waals surface area contributed by atoms with Crippen molar-refractivity contribution in [3.63, 3.8) is 0 Å². The molecule has 0 atom stereocenters. The highest BCUT2D eigenvalue weighted by atomic mass is 16.2. The third kappa shape index (κ3) is 2.93. The Balaban J connectivity index is 1.64. The summed E-state index contributed by atoms with van der Waals surface area (Å²) in [5, 5.41) is 9.04. The maximum absolute atomic E-state index is 12.0. The lowest BCUT2D eigenvalue weighted by Gasteiger charge is -2.15. The summed E-state index contributed by atoms with van der Waals surface area (Å²) in [7, 11) is 0. The number of nitrogens with zero attached hydrogens (tertiary/aromatic N) is 3. The topological polar surface area (TPSA) is 50.2 Å². The van der Waals surface area contributed by atoms with Gasteiger partial charge in [0.25, 0.3) is 0 Å². The molecule has 1 N–H and O–H groups in total. The third-order valence-electron chi connectivity index (χ3n) is 4.06. The van der Waals surface area contributed by atoms with Crippen LogP contribution in [0.4, 0.5) is 0 Å². The molecule has 1 fully saturated rings. The normalized spacial score (nSPS) is 15.0. The molecule has 5 heteroatoms. The lowest BCUT2D eigenvalue weighted by molar-refractivity contribution is -0.129. The number of likely N-dealkylation sites (tertiary alicyclic amines) is 1. The van der Waals surface area contributed by atoms with E-state index in [1.165, 1.54) is 5.39 Å². The molecule has 21 heavy (non-hydrogen) atoms. The van der Waals surface area contributed by atoms with Gasteiger partial charge in [0.15, 0.2) is 0 Å². The van der Waals surface area contributed by atoms with Crippen LogP contribution in [0.3, 0.4) is 0 Å². The fourth-order valence-electron chi connectivity index (χ4n) is 2.93. The number of hydrogen-bond acceptors (Lipinski definition) is 3. The Kier molecular flexibility index (Phi) is 4.20. The standard InChI is InChI=1S/C16H22N4O/c1-2-20-15-8-4-3-7-13(15)14(18-20)11-17-12-16(21)19-9-5-6-10-19/h3-4,7-8,17H,2,5-6,9-12H2,1H3. The number of rotatable bonds is 5. The molecule has 0 saturated carbocycles. The molecule has 2 heterocycles. The van der Waals surface area contributed by atoms with Crippen molar-refractivity contribution in [1.82, 2.24) is 20.0 Å². The minimum atomic E-state index is 0.201. The predicted octanol–water partition coefficient (Wildman–Crippen LogP) is 1.77. The van der Waals surface area contributed by atoms with Crippen LogP contribution in [-0.4, -0.2) is 40.2 Å². The number of aromatic nitrogens is 2. The van der Waals surface area contributed by atoms with E-state index in [1.54, 1.807) is 0 Å². The zero-order chi connectivity index (χ0) is 14.7. The maximum Gasteiger partial charge on any atom is 0.236 e. The van der Waals surface area contributed by atoms with Gasteiger partial charge in [0.05, 0.1) is 17.8 Å². The Morgan fingerprint density at radius 1 is 1.29 bits per heavy atom. The van der Waals surface area contributed by atoms with Gasteiger partial charge in [-0.15, -0.1) is 0 Å². The SMILES string of the molecule is CCn1nc(CNCC(=O)N2CCCC2)c2ccccc21. The second-order valence-electron chi connectivity index (χ2n) is 5.47. The molecule has 2 aromatic rings. The van der Waals surface area contributed by atoms with Gasteiger partial charge in [-0.05, 0) is 25.8 Å². The Bertz CT molecular complexity index is 628. The molecule has 0 aliphatic carbocycles. The van der Waals surface area contributed by atoms with Crippen LogP contribution in [0, 0.1) is 0 Å². The summed E-state index contributed by atoms with van der Waals surface area (Å²) in [5.41, 5.74) is 2.17. The van der Waals surface area contributed by atoms with Gasteiger partial charge in [-0.25, -0.2) is 0 Å². The fraction of sp³-hybridized carbons (Fsp3) is 0.500. The van der Waals surface area contributed by atoms with E-state index in [2.05, 4.69) is 29.5 Å². The van der Waals surface area contributed by atoms with Crippen molar-refractivity contribution in [2.75, 3.05) is 19.6 Å². The zero-order valence-corrected chi connectivity index (χ0v) is 12.5. The first-order chi connectivity index (χ1) is 10.3. The average Bonchev–Trinajstić information content (AvgIpc) is 3.15. The van der Waals surface area contributed by atoms with Gasteiger partial charge >= 0.3 is 0 Å². The van der Waals surface area contributed by atoms with E-state index in [0.717, 1.165) is 43.7 Å². The maximum atomic E-state index is 12.0. The molecule has 0 radical (unpaired) electrons. The van der Waals surface area contributed by atoms with Crippen molar-refractivity contribution in [2.24, 2.45) is 0 Å². The molecule has 0 unspecified atom stereocenters. The third-order valence-corrected chi connectivity index (χ3v) is 4.06. The summed E-state index contributed by atoms with van der Waals surface area (Å²) in [6.07, 6.45) is 2.27. The molecule has 0 spiro atoms. The molecule has 5 nitrogen and oxygen atoms in total. The van der Waals surface area contributed by atoms with Gasteiger partial charge in [0.2, 0.25) is 5.91 Å². The number of benzene rings is 1. The summed E-state index contributed by atoms with van der Waals surface area (Å²) < 4.78 is 2.01. The Morgan fingerprint density at radius 2 is 2.05 bits per heavy atom. The number of carbonyl (C=O) groups is 1. The number of fused-ring (bicyclic) bond motifs is 1. The molecule has 1 aliphatic rings. The number of amides is 1. The highest BCUT2D eigenvalue weighted by molar-refractivity contribution is 5.82. The first-order valence-corrected chi connectivity index (χ1v) is 7.72. The van der Waals surface area contributed by atoms with Gasteiger partial charge in [-0.3, -0.25) is 9.48 Å². The lowest BCUT2D eigenvalue weighted by atomic mass is 10.2. The van der Waals surface area contributed by atoms with Crippen molar-refractivity contribution in [2.45, 2.75) is 32.9 Å². The van der Waals surface area contributed by atoms with E-state index in [1.807, 2.05) is 21.7 Å². The molecule has 1 saturated heterocycles. The van der Waals surface area contributed by atoms with Crippen LogP contribution < -0.4 is 5.32 Å². The molecule has 1 aromatic heterocycles. The van der Waals surface area contributed by atoms with Gasteiger partial charge in [-0.2, -0.15) is 5.10 Å². The van der Waals surface area contributed by atoms with Gasteiger partial charge in [0.1, 0.15) is 0 Å². The van der Waals surface area contributed by atoms with Crippen molar-refractivity contribution < 1.29 is 4.79 Å². The van der Waals surface area contributed by atoms with Crippen molar-refractivity contribution >= 4 is 16.8 Å². The van der Waals surface area contributed by atoms with Crippen LogP contribution in [-0.2, 0) is 17.9 Å². The van der Waals surface area contributed by atoms with E-state index in [9.17, 15) is 4.79 Å². The number of aryl methyl sites for hydroxylation is 1. The first-order valence-electron chi connectivity index (χ1n) is 7.72. The highest BCUT2D eigenvalue weighted by Crippen LogP contribution is 2.18. The number of hydrogen-bond donors (Lipinski definition) is 1. The van der Waals surface area contributed by atoms with Crippen LogP contribution in [0.5, 0.6) is 0 Å². The Labute approximate surface area is 124 Å². The van der Waals surface area contributed by atoms with Crippen molar-refractivity contribution in [3.8, 4) is 0 Å². The minimum absolute atomic E-state index is 0.201. The second kappa shape index (κ2) is 6.26. The van der Waals surface area contributed by atoms with Crippen LogP contribution in [0.2, 0.25) is 0 Å². The zero-order valence-electron chi connectivity index (χ0n) is 12.5. The summed E-state index contributed by atoms with van der Waals surface area (Å²) >= 11 is 0. The summed E-state index contributed by atoms with van der Waals surface area (Å²) in [5.74, 6) is 0.201. The quantitative estimate of drug-likeness (QED) is 0.911. The van der Waals surface area contributed by atoms with Crippen molar-refractivity contribution in [3.05, 3.63) is 30.0 Å². The summed E-state index contributed by atoms with van der Waals surface area (Å²) in [6, 6.07) is 8.24. The largest absolute Gasteiger partial charge is 0.342 e. The van der Waals surface area contributed by atoms with E-state index in [4.69, 9.17) is 0 Å². The molecule has 1 aromatic carbocycles. The van der Waals surface area contributed by atoms with Gasteiger partial charge < -0.3 is 10.2 Å². The van der Waals surface area contributed by atoms with Crippen molar-refractivity contribution in [1.29, 1.82) is 0 Å². The average molecular weight is 286 g/mol. The molecular formula is C16H22N4O. The van der Waals surface area contributed by atoms with Gasteiger partial charge in [-0.1, -0.05) is 18.2 Å². The van der Waals surface area contributed by atoms with Gasteiger partial charge in [0, 0.05) is 31.6 Å². The van der Waals surface area contributed by atoms with E-state index < -0.39 is 0 Å². The highest BCUT2D eigenvalue weighted by Gasteiger charge is 2.17. The van der Waals surface area contributed by atoms with E-state index in [0.29, 0.717) is 13.1 Å². The number of carbonyl (C=O) groups excluding carboxylic acids is 1. The monoisotopic (exact) mass is 286 g/mol. The lowest BCUT2D eigenvalue weighted by Crippen LogP contribution is -2.36. The van der Waals surface area contributed by atoms with Crippen LogP contribution in [0.15, 0.2) is 24.3 Å². The minimum Gasteiger partial charge on any atom is -0.342 e. The van der Waals surface area contributed by atoms with Crippen LogP contribution in [0.1, 0.15) is 25.5 Å².